The molecule has 2 unspecified atom stereocenters. The van der Waals surface area contributed by atoms with Crippen molar-refractivity contribution in [3.05, 3.63) is 0 Å². The molecule has 86 valence electrons. The van der Waals surface area contributed by atoms with Gasteiger partial charge >= 0.3 is 6.18 Å². The Morgan fingerprint density at radius 1 is 1.21 bits per heavy atom. The molecule has 0 aromatic heterocycles. The smallest absolute Gasteiger partial charge is 0.308 e. The van der Waals surface area contributed by atoms with Crippen LogP contribution in [0.4, 0.5) is 13.2 Å². The summed E-state index contributed by atoms with van der Waals surface area (Å²) < 4.78 is 35.3. The molecule has 0 aromatic rings. The van der Waals surface area contributed by atoms with Gasteiger partial charge in [-0.25, -0.2) is 0 Å². The third-order valence-corrected chi connectivity index (χ3v) is 3.23. The second-order valence-corrected chi connectivity index (χ2v) is 5.29. The van der Waals surface area contributed by atoms with E-state index in [-0.39, 0.29) is 5.25 Å². The molecule has 0 aliphatic carbocycles. The third kappa shape index (κ3) is 8.69. The number of nitrogens with one attached hydrogen (secondary N) is 1. The van der Waals surface area contributed by atoms with Gasteiger partial charge in [-0.15, -0.1) is 0 Å². The topological polar surface area (TPSA) is 12.0 Å². The van der Waals surface area contributed by atoms with Crippen molar-refractivity contribution in [2.45, 2.75) is 43.9 Å². The van der Waals surface area contributed by atoms with E-state index < -0.39 is 12.7 Å². The number of hydrogen-bond donors (Lipinski definition) is 1. The first-order chi connectivity index (χ1) is 6.35. The fraction of sp³-hybridized carbons (Fsp3) is 1.00. The summed E-state index contributed by atoms with van der Waals surface area (Å²) in [7, 11) is 0. The fourth-order valence-electron chi connectivity index (χ4n) is 0.958. The maximum atomic E-state index is 11.8. The number of halogens is 3. The van der Waals surface area contributed by atoms with Gasteiger partial charge in [0.05, 0.1) is 6.54 Å². The predicted octanol–water partition coefficient (Wildman–Crippen LogP) is 3.06. The molecule has 0 aliphatic rings. The molecule has 5 heteroatoms. The van der Waals surface area contributed by atoms with Crippen molar-refractivity contribution in [1.29, 1.82) is 0 Å². The van der Waals surface area contributed by atoms with Gasteiger partial charge in [0.2, 0.25) is 0 Å². The van der Waals surface area contributed by atoms with Crippen LogP contribution in [0.15, 0.2) is 0 Å². The fourth-order valence-corrected chi connectivity index (χ4v) is 2.16. The van der Waals surface area contributed by atoms with E-state index in [1.54, 1.807) is 11.8 Å². The van der Waals surface area contributed by atoms with Gasteiger partial charge < -0.3 is 5.32 Å². The number of hydrogen-bond acceptors (Lipinski definition) is 2. The quantitative estimate of drug-likeness (QED) is 0.751. The zero-order valence-corrected chi connectivity index (χ0v) is 9.63. The summed E-state index contributed by atoms with van der Waals surface area (Å²) in [5.74, 6) is 0. The lowest BCUT2D eigenvalue weighted by molar-refractivity contribution is -0.124. The Balaban J connectivity index is 3.49. The Bertz CT molecular complexity index is 149. The highest BCUT2D eigenvalue weighted by Gasteiger charge is 2.26. The van der Waals surface area contributed by atoms with Crippen molar-refractivity contribution in [1.82, 2.24) is 5.32 Å². The van der Waals surface area contributed by atoms with Crippen LogP contribution in [0.2, 0.25) is 0 Å². The minimum atomic E-state index is -4.10. The van der Waals surface area contributed by atoms with Crippen molar-refractivity contribution in [3.63, 3.8) is 0 Å². The van der Waals surface area contributed by atoms with E-state index in [2.05, 4.69) is 19.2 Å². The van der Waals surface area contributed by atoms with E-state index in [1.807, 2.05) is 6.92 Å². The molecule has 0 saturated carbocycles. The molecule has 0 radical (unpaired) electrons. The summed E-state index contributed by atoms with van der Waals surface area (Å²) in [6, 6.07) is 0. The van der Waals surface area contributed by atoms with Crippen LogP contribution in [0.25, 0.3) is 0 Å². The molecule has 2 atom stereocenters. The van der Waals surface area contributed by atoms with E-state index in [1.165, 1.54) is 0 Å². The SMILES string of the molecule is CCC(C)SC(C)CNCC(F)(F)F. The Labute approximate surface area is 87.8 Å². The molecular weight excluding hydrogens is 211 g/mol. The van der Waals surface area contributed by atoms with E-state index in [9.17, 15) is 13.2 Å². The number of alkyl halides is 3. The molecule has 0 aliphatic heterocycles. The van der Waals surface area contributed by atoms with Gasteiger partial charge in [0, 0.05) is 17.0 Å². The normalized spacial score (nSPS) is 16.7. The summed E-state index contributed by atoms with van der Waals surface area (Å²) in [5.41, 5.74) is 0. The molecule has 0 aromatic carbocycles. The molecule has 0 bridgehead atoms. The first-order valence-corrected chi connectivity index (χ1v) is 5.72. The summed E-state index contributed by atoms with van der Waals surface area (Å²) in [6.45, 7) is 5.63. The Morgan fingerprint density at radius 3 is 2.21 bits per heavy atom. The average Bonchev–Trinajstić information content (AvgIpc) is 2.01. The van der Waals surface area contributed by atoms with E-state index >= 15 is 0 Å². The molecule has 1 N–H and O–H groups in total. The second-order valence-electron chi connectivity index (χ2n) is 3.41. The molecule has 0 heterocycles. The van der Waals surface area contributed by atoms with Gasteiger partial charge in [0.1, 0.15) is 0 Å². The lowest BCUT2D eigenvalue weighted by Gasteiger charge is -2.16. The molecular formula is C9H18F3NS. The second kappa shape index (κ2) is 6.56. The highest BCUT2D eigenvalue weighted by molar-refractivity contribution is 8.00. The van der Waals surface area contributed by atoms with Gasteiger partial charge in [-0.3, -0.25) is 0 Å². The van der Waals surface area contributed by atoms with Crippen LogP contribution < -0.4 is 5.32 Å². The van der Waals surface area contributed by atoms with Crippen LogP contribution in [0.3, 0.4) is 0 Å². The lowest BCUT2D eigenvalue weighted by atomic mass is 10.4. The molecule has 0 rings (SSSR count). The number of thioether (sulfide) groups is 1. The zero-order valence-electron chi connectivity index (χ0n) is 8.82. The summed E-state index contributed by atoms with van der Waals surface area (Å²) in [5, 5.41) is 3.15. The molecule has 14 heavy (non-hydrogen) atoms. The Hall–Kier alpha value is 0.100. The number of rotatable bonds is 6. The molecule has 0 fully saturated rings. The van der Waals surface area contributed by atoms with Gasteiger partial charge in [0.25, 0.3) is 0 Å². The minimum Gasteiger partial charge on any atom is -0.308 e. The van der Waals surface area contributed by atoms with E-state index in [0.717, 1.165) is 6.42 Å². The predicted molar refractivity (Wildman–Crippen MR) is 55.7 cm³/mol. The summed E-state index contributed by atoms with van der Waals surface area (Å²) in [4.78, 5) is 0. The minimum absolute atomic E-state index is 0.229. The standard InChI is InChI=1S/C9H18F3NS/c1-4-7(2)14-8(3)5-13-6-9(10,11)12/h7-8,13H,4-6H2,1-3H3. The van der Waals surface area contributed by atoms with Crippen LogP contribution in [0, 0.1) is 0 Å². The third-order valence-electron chi connectivity index (χ3n) is 1.80. The maximum Gasteiger partial charge on any atom is 0.401 e. The molecule has 0 amide bonds. The first-order valence-electron chi connectivity index (χ1n) is 4.78. The van der Waals surface area contributed by atoms with Gasteiger partial charge in [0.15, 0.2) is 0 Å². The van der Waals surface area contributed by atoms with Crippen molar-refractivity contribution in [3.8, 4) is 0 Å². The van der Waals surface area contributed by atoms with Crippen molar-refractivity contribution >= 4 is 11.8 Å². The van der Waals surface area contributed by atoms with Gasteiger partial charge in [-0.05, 0) is 6.42 Å². The van der Waals surface area contributed by atoms with Crippen LogP contribution in [-0.2, 0) is 0 Å². The zero-order chi connectivity index (χ0) is 11.2. The van der Waals surface area contributed by atoms with Crippen LogP contribution in [-0.4, -0.2) is 29.8 Å². The van der Waals surface area contributed by atoms with Crippen molar-refractivity contribution < 1.29 is 13.2 Å². The largest absolute Gasteiger partial charge is 0.401 e. The van der Waals surface area contributed by atoms with E-state index in [0.29, 0.717) is 11.8 Å². The Morgan fingerprint density at radius 2 is 1.79 bits per heavy atom. The highest BCUT2D eigenvalue weighted by atomic mass is 32.2. The van der Waals surface area contributed by atoms with Crippen LogP contribution in [0.5, 0.6) is 0 Å². The van der Waals surface area contributed by atoms with Crippen molar-refractivity contribution in [2.75, 3.05) is 13.1 Å². The van der Waals surface area contributed by atoms with E-state index in [4.69, 9.17) is 0 Å². The lowest BCUT2D eigenvalue weighted by Crippen LogP contribution is -2.33. The highest BCUT2D eigenvalue weighted by Crippen LogP contribution is 2.19. The summed E-state index contributed by atoms with van der Waals surface area (Å²) in [6.07, 6.45) is -3.05. The molecule has 0 saturated heterocycles. The average molecular weight is 229 g/mol. The molecule has 0 spiro atoms. The monoisotopic (exact) mass is 229 g/mol. The van der Waals surface area contributed by atoms with Crippen molar-refractivity contribution in [2.24, 2.45) is 0 Å². The van der Waals surface area contributed by atoms with Gasteiger partial charge in [-0.2, -0.15) is 24.9 Å². The summed E-state index contributed by atoms with van der Waals surface area (Å²) >= 11 is 1.72. The van der Waals surface area contributed by atoms with Crippen LogP contribution in [0.1, 0.15) is 27.2 Å². The van der Waals surface area contributed by atoms with Gasteiger partial charge in [-0.1, -0.05) is 20.8 Å². The molecule has 1 nitrogen and oxygen atoms in total. The maximum absolute atomic E-state index is 11.8. The Kier molecular flexibility index (Phi) is 6.61. The van der Waals surface area contributed by atoms with Crippen LogP contribution >= 0.6 is 11.8 Å². The first kappa shape index (κ1) is 14.1.